The molecule has 3 rings (SSSR count). The quantitative estimate of drug-likeness (QED) is 0.779. The zero-order valence-electron chi connectivity index (χ0n) is 14.2. The van der Waals surface area contributed by atoms with Crippen LogP contribution >= 0.6 is 11.6 Å². The fraction of sp³-hybridized carbons (Fsp3) is 0.316. The van der Waals surface area contributed by atoms with Gasteiger partial charge in [0.15, 0.2) is 6.04 Å². The molecule has 3 N–H and O–H groups in total. The molecule has 0 bridgehead atoms. The Morgan fingerprint density at radius 1 is 1.12 bits per heavy atom. The number of quaternary nitrogens is 1. The van der Waals surface area contributed by atoms with Crippen molar-refractivity contribution >= 4 is 28.9 Å². The summed E-state index contributed by atoms with van der Waals surface area (Å²) in [6.07, 6.45) is 0. The van der Waals surface area contributed by atoms with Gasteiger partial charge in [0.2, 0.25) is 0 Å². The van der Waals surface area contributed by atoms with Gasteiger partial charge in [-0.05, 0) is 55.5 Å². The second-order valence-electron chi connectivity index (χ2n) is 6.38. The topological polar surface area (TPSA) is 57.0 Å². The van der Waals surface area contributed by atoms with Crippen LogP contribution in [0.1, 0.15) is 6.92 Å². The summed E-state index contributed by atoms with van der Waals surface area (Å²) in [6.45, 7) is 5.54. The Morgan fingerprint density at radius 2 is 1.72 bits per heavy atom. The molecule has 132 valence electrons. The molecule has 5 nitrogen and oxygen atoms in total. The lowest BCUT2D eigenvalue weighted by Crippen LogP contribution is -3.19. The smallest absolute Gasteiger partial charge is 0.282 e. The predicted molar refractivity (Wildman–Crippen MR) is 101 cm³/mol. The molecule has 25 heavy (non-hydrogen) atoms. The third-order valence-electron chi connectivity index (χ3n) is 4.74. The molecule has 0 radical (unpaired) electrons. The van der Waals surface area contributed by atoms with Gasteiger partial charge in [0.05, 0.1) is 26.2 Å². The van der Waals surface area contributed by atoms with Crippen molar-refractivity contribution in [3.05, 3.63) is 53.6 Å². The van der Waals surface area contributed by atoms with Crippen molar-refractivity contribution in [2.24, 2.45) is 0 Å². The average molecular weight is 361 g/mol. The summed E-state index contributed by atoms with van der Waals surface area (Å²) >= 11 is 5.87. The first-order valence-electron chi connectivity index (χ1n) is 8.48. The number of halogens is 1. The van der Waals surface area contributed by atoms with Crippen molar-refractivity contribution in [3.8, 4) is 5.75 Å². The molecule has 1 amide bonds. The molecule has 1 atom stereocenters. The minimum atomic E-state index is -0.113. The van der Waals surface area contributed by atoms with Crippen LogP contribution in [0.2, 0.25) is 5.02 Å². The minimum Gasteiger partial charge on any atom is -0.508 e. The minimum absolute atomic E-state index is 0.0235. The molecule has 0 unspecified atom stereocenters. The fourth-order valence-corrected chi connectivity index (χ4v) is 3.24. The Kier molecular flexibility index (Phi) is 5.46. The second-order valence-corrected chi connectivity index (χ2v) is 6.82. The number of nitrogens with zero attached hydrogens (tertiary/aromatic N) is 1. The predicted octanol–water partition coefficient (Wildman–Crippen LogP) is 1.78. The van der Waals surface area contributed by atoms with Gasteiger partial charge in [-0.1, -0.05) is 11.6 Å². The van der Waals surface area contributed by atoms with E-state index in [0.717, 1.165) is 37.6 Å². The molecule has 6 heteroatoms. The highest BCUT2D eigenvalue weighted by Crippen LogP contribution is 2.18. The first kappa shape index (κ1) is 17.6. The standard InChI is InChI=1S/C19H22ClN3O2/c1-14(19(25)21-16-4-2-15(20)3-5-16)22-10-12-23(13-11-22)17-6-8-18(24)9-7-17/h2-9,14,24H,10-13H2,1H3,(H,21,25)/p+1/t14-/m0/s1. The molecule has 1 aliphatic rings. The van der Waals surface area contributed by atoms with Gasteiger partial charge < -0.3 is 20.2 Å². The van der Waals surface area contributed by atoms with Crippen molar-refractivity contribution in [3.63, 3.8) is 0 Å². The van der Waals surface area contributed by atoms with E-state index in [9.17, 15) is 9.90 Å². The highest BCUT2D eigenvalue weighted by molar-refractivity contribution is 6.30. The molecule has 0 aliphatic carbocycles. The number of phenolic OH excluding ortho intramolecular Hbond substituents is 1. The van der Waals surface area contributed by atoms with Gasteiger partial charge in [0, 0.05) is 16.4 Å². The number of amides is 1. The Labute approximate surface area is 152 Å². The zero-order valence-corrected chi connectivity index (χ0v) is 15.0. The number of anilines is 2. The van der Waals surface area contributed by atoms with Crippen LogP contribution in [0.4, 0.5) is 11.4 Å². The number of carbonyl (C=O) groups is 1. The van der Waals surface area contributed by atoms with Gasteiger partial charge in [0.1, 0.15) is 5.75 Å². The fourth-order valence-electron chi connectivity index (χ4n) is 3.12. The average Bonchev–Trinajstić information content (AvgIpc) is 2.64. The van der Waals surface area contributed by atoms with Gasteiger partial charge in [0.25, 0.3) is 5.91 Å². The Balaban J connectivity index is 1.53. The van der Waals surface area contributed by atoms with Crippen LogP contribution in [0, 0.1) is 0 Å². The van der Waals surface area contributed by atoms with Crippen LogP contribution in [0.3, 0.4) is 0 Å². The summed E-state index contributed by atoms with van der Waals surface area (Å²) in [5.41, 5.74) is 1.87. The van der Waals surface area contributed by atoms with Gasteiger partial charge in [-0.3, -0.25) is 4.79 Å². The maximum absolute atomic E-state index is 12.5. The maximum Gasteiger partial charge on any atom is 0.282 e. The highest BCUT2D eigenvalue weighted by Gasteiger charge is 2.29. The number of hydrogen-bond acceptors (Lipinski definition) is 3. The van der Waals surface area contributed by atoms with Gasteiger partial charge >= 0.3 is 0 Å². The van der Waals surface area contributed by atoms with E-state index in [1.54, 1.807) is 24.3 Å². The van der Waals surface area contributed by atoms with Crippen LogP contribution in [0.5, 0.6) is 5.75 Å². The van der Waals surface area contributed by atoms with E-state index in [1.165, 1.54) is 4.90 Å². The van der Waals surface area contributed by atoms with E-state index >= 15 is 0 Å². The molecule has 1 saturated heterocycles. The van der Waals surface area contributed by atoms with Crippen molar-refractivity contribution in [2.45, 2.75) is 13.0 Å². The van der Waals surface area contributed by atoms with Crippen molar-refractivity contribution in [2.75, 3.05) is 36.4 Å². The summed E-state index contributed by atoms with van der Waals surface area (Å²) in [6, 6.07) is 14.3. The number of benzene rings is 2. The van der Waals surface area contributed by atoms with E-state index in [4.69, 9.17) is 11.6 Å². The molecule has 1 heterocycles. The van der Waals surface area contributed by atoms with Crippen molar-refractivity contribution < 1.29 is 14.8 Å². The van der Waals surface area contributed by atoms with Gasteiger partial charge in [-0.2, -0.15) is 0 Å². The number of piperazine rings is 1. The lowest BCUT2D eigenvalue weighted by Gasteiger charge is -2.36. The first-order valence-corrected chi connectivity index (χ1v) is 8.86. The largest absolute Gasteiger partial charge is 0.508 e. The van der Waals surface area contributed by atoms with Crippen LogP contribution in [-0.4, -0.2) is 43.2 Å². The first-order chi connectivity index (χ1) is 12.0. The number of nitrogens with one attached hydrogen (secondary N) is 2. The molecule has 1 fully saturated rings. The normalized spacial score (nSPS) is 16.5. The number of phenols is 1. The zero-order chi connectivity index (χ0) is 17.8. The highest BCUT2D eigenvalue weighted by atomic mass is 35.5. The molecule has 0 aromatic heterocycles. The molecule has 2 aromatic carbocycles. The summed E-state index contributed by atoms with van der Waals surface area (Å²) in [5, 5.41) is 13.0. The summed E-state index contributed by atoms with van der Waals surface area (Å²) in [5.74, 6) is 0.302. The molecule has 2 aromatic rings. The molecular weight excluding hydrogens is 338 g/mol. The SMILES string of the molecule is C[C@@H](C(=O)Nc1ccc(Cl)cc1)[NH+]1CCN(c2ccc(O)cc2)CC1. The number of rotatable bonds is 4. The number of hydrogen-bond donors (Lipinski definition) is 3. The van der Waals surface area contributed by atoms with E-state index in [1.807, 2.05) is 31.2 Å². The van der Waals surface area contributed by atoms with Crippen LogP contribution in [-0.2, 0) is 4.79 Å². The monoisotopic (exact) mass is 360 g/mol. The van der Waals surface area contributed by atoms with Crippen molar-refractivity contribution in [1.82, 2.24) is 0 Å². The summed E-state index contributed by atoms with van der Waals surface area (Å²) < 4.78 is 0. The third kappa shape index (κ3) is 4.44. The van der Waals surface area contributed by atoms with Gasteiger partial charge in [-0.15, -0.1) is 0 Å². The number of aromatic hydroxyl groups is 1. The number of carbonyl (C=O) groups excluding carboxylic acids is 1. The second kappa shape index (κ2) is 7.76. The molecule has 1 aliphatic heterocycles. The lowest BCUT2D eigenvalue weighted by atomic mass is 10.2. The lowest BCUT2D eigenvalue weighted by molar-refractivity contribution is -0.914. The van der Waals surface area contributed by atoms with E-state index in [2.05, 4.69) is 10.2 Å². The van der Waals surface area contributed by atoms with Crippen molar-refractivity contribution in [1.29, 1.82) is 0 Å². The maximum atomic E-state index is 12.5. The molecule has 0 spiro atoms. The Morgan fingerprint density at radius 3 is 2.32 bits per heavy atom. The van der Waals surface area contributed by atoms with E-state index in [-0.39, 0.29) is 17.7 Å². The van der Waals surface area contributed by atoms with E-state index in [0.29, 0.717) is 5.02 Å². The van der Waals surface area contributed by atoms with E-state index < -0.39 is 0 Å². The molecular formula is C19H23ClN3O2+. The van der Waals surface area contributed by atoms with Crippen LogP contribution in [0.25, 0.3) is 0 Å². The Bertz CT molecular complexity index is 710. The Hall–Kier alpha value is -2.24. The summed E-state index contributed by atoms with van der Waals surface area (Å²) in [7, 11) is 0. The summed E-state index contributed by atoms with van der Waals surface area (Å²) in [4.78, 5) is 16.0. The molecule has 0 saturated carbocycles. The van der Waals surface area contributed by atoms with Crippen LogP contribution < -0.4 is 15.1 Å². The van der Waals surface area contributed by atoms with Crippen LogP contribution in [0.15, 0.2) is 48.5 Å². The van der Waals surface area contributed by atoms with Gasteiger partial charge in [-0.25, -0.2) is 0 Å². The third-order valence-corrected chi connectivity index (χ3v) is 4.99.